The Bertz CT molecular complexity index is 666. The van der Waals surface area contributed by atoms with Crippen LogP contribution in [0.5, 0.6) is 0 Å². The van der Waals surface area contributed by atoms with Gasteiger partial charge in [-0.1, -0.05) is 18.6 Å². The average Bonchev–Trinajstić information content (AvgIpc) is 3.01. The number of alkyl halides is 2. The van der Waals surface area contributed by atoms with E-state index in [4.69, 9.17) is 4.74 Å². The number of ether oxygens (including phenoxy) is 1. The highest BCUT2D eigenvalue weighted by atomic mass is 32.2. The highest BCUT2D eigenvalue weighted by Crippen LogP contribution is 2.38. The number of hydrogen-bond acceptors (Lipinski definition) is 6. The summed E-state index contributed by atoms with van der Waals surface area (Å²) < 4.78 is 35.5. The molecule has 0 amide bonds. The molecular formula is C18H27F2N3O3S. The van der Waals surface area contributed by atoms with Gasteiger partial charge >= 0.3 is 5.97 Å². The quantitative estimate of drug-likeness (QED) is 0.376. The van der Waals surface area contributed by atoms with E-state index in [1.54, 1.807) is 6.26 Å². The lowest BCUT2D eigenvalue weighted by atomic mass is 9.88. The number of hydrogen-bond donors (Lipinski definition) is 0. The number of halogens is 2. The number of fused-ring (bicyclic) bond motifs is 1. The lowest BCUT2D eigenvalue weighted by Crippen LogP contribution is -2.27. The van der Waals surface area contributed by atoms with Crippen LogP contribution < -0.4 is 0 Å². The van der Waals surface area contributed by atoms with Crippen molar-refractivity contribution in [2.24, 2.45) is 5.92 Å². The molecule has 0 N–H and O–H groups in total. The molecule has 6 nitrogen and oxygen atoms in total. The van der Waals surface area contributed by atoms with Gasteiger partial charge in [0.1, 0.15) is 0 Å². The molecule has 27 heavy (non-hydrogen) atoms. The zero-order chi connectivity index (χ0) is 20.0. The first-order valence-corrected chi connectivity index (χ1v) is 10.6. The molecule has 0 radical (unpaired) electrons. The van der Waals surface area contributed by atoms with Crippen LogP contribution in [0, 0.1) is 5.92 Å². The van der Waals surface area contributed by atoms with Gasteiger partial charge in [-0.05, 0) is 38.4 Å². The maximum absolute atomic E-state index is 14.4. The van der Waals surface area contributed by atoms with Gasteiger partial charge in [-0.3, -0.25) is 9.59 Å². The maximum Gasteiger partial charge on any atom is 0.326 e. The summed E-state index contributed by atoms with van der Waals surface area (Å²) in [6, 6.07) is 0. The lowest BCUT2D eigenvalue weighted by Gasteiger charge is -2.23. The van der Waals surface area contributed by atoms with Gasteiger partial charge in [0.2, 0.25) is 0 Å². The van der Waals surface area contributed by atoms with Crippen molar-refractivity contribution >= 4 is 23.5 Å². The van der Waals surface area contributed by atoms with Crippen LogP contribution in [0.25, 0.3) is 0 Å². The van der Waals surface area contributed by atoms with Crippen LogP contribution in [-0.2, 0) is 33.2 Å². The maximum atomic E-state index is 14.4. The minimum Gasteiger partial charge on any atom is -0.464 e. The molecular weight excluding hydrogens is 376 g/mol. The van der Waals surface area contributed by atoms with Crippen molar-refractivity contribution in [1.82, 2.24) is 15.0 Å². The summed E-state index contributed by atoms with van der Waals surface area (Å²) in [6.45, 7) is 3.82. The standard InChI is InChI=1S/C18H27F2N3O3S/c1-4-13-6-7-14-16(18(19,20)9-8-13)21-22-23(14)10-5-11-26-17(25)15(27-3)12(2)24/h13,15H,4-11H2,1-3H3. The van der Waals surface area contributed by atoms with Gasteiger partial charge in [0.15, 0.2) is 16.7 Å². The van der Waals surface area contributed by atoms with E-state index in [1.165, 1.54) is 11.6 Å². The van der Waals surface area contributed by atoms with Gasteiger partial charge in [-0.25, -0.2) is 4.68 Å². The Morgan fingerprint density at radius 3 is 2.78 bits per heavy atom. The Morgan fingerprint density at radius 2 is 2.15 bits per heavy atom. The second kappa shape index (κ2) is 9.61. The van der Waals surface area contributed by atoms with Gasteiger partial charge in [0, 0.05) is 19.4 Å². The average molecular weight is 403 g/mol. The topological polar surface area (TPSA) is 74.1 Å². The zero-order valence-corrected chi connectivity index (χ0v) is 16.9. The minimum absolute atomic E-state index is 0.103. The molecule has 9 heteroatoms. The first-order valence-electron chi connectivity index (χ1n) is 9.30. The number of rotatable bonds is 8. The van der Waals surface area contributed by atoms with Crippen molar-refractivity contribution in [1.29, 1.82) is 0 Å². The third kappa shape index (κ3) is 5.49. The van der Waals surface area contributed by atoms with Crippen LogP contribution in [0.1, 0.15) is 57.3 Å². The van der Waals surface area contributed by atoms with E-state index in [-0.39, 0.29) is 30.4 Å². The summed E-state index contributed by atoms with van der Waals surface area (Å²) in [5, 5.41) is 6.84. The predicted octanol–water partition coefficient (Wildman–Crippen LogP) is 3.38. The van der Waals surface area contributed by atoms with E-state index in [9.17, 15) is 18.4 Å². The van der Waals surface area contributed by atoms with Crippen molar-refractivity contribution < 1.29 is 23.1 Å². The van der Waals surface area contributed by atoms with E-state index in [2.05, 4.69) is 10.3 Å². The molecule has 152 valence electrons. The number of ketones is 1. The van der Waals surface area contributed by atoms with Gasteiger partial charge in [0.25, 0.3) is 5.92 Å². The Balaban J connectivity index is 1.97. The zero-order valence-electron chi connectivity index (χ0n) is 16.0. The summed E-state index contributed by atoms with van der Waals surface area (Å²) in [5.41, 5.74) is 0.267. The molecule has 0 bridgehead atoms. The number of thioether (sulfide) groups is 1. The van der Waals surface area contributed by atoms with Crippen molar-refractivity contribution in [3.63, 3.8) is 0 Å². The molecule has 2 rings (SSSR count). The van der Waals surface area contributed by atoms with Crippen LogP contribution in [0.2, 0.25) is 0 Å². The SMILES string of the molecule is CCC1CCc2c(nnn2CCCOC(=O)C(SC)C(C)=O)C(F)(F)CC1. The predicted molar refractivity (Wildman–Crippen MR) is 98.8 cm³/mol. The van der Waals surface area contributed by atoms with Crippen LogP contribution in [0.4, 0.5) is 8.78 Å². The molecule has 1 aliphatic rings. The normalized spacial score (nSPS) is 20.3. The number of carbonyl (C=O) groups is 2. The van der Waals surface area contributed by atoms with Crippen molar-refractivity contribution in [3.8, 4) is 0 Å². The highest BCUT2D eigenvalue weighted by molar-refractivity contribution is 8.00. The smallest absolute Gasteiger partial charge is 0.326 e. The second-order valence-electron chi connectivity index (χ2n) is 6.91. The minimum atomic E-state index is -2.96. The third-order valence-corrected chi connectivity index (χ3v) is 5.99. The van der Waals surface area contributed by atoms with Gasteiger partial charge in [-0.15, -0.1) is 16.9 Å². The highest BCUT2D eigenvalue weighted by Gasteiger charge is 2.40. The molecule has 2 atom stereocenters. The number of aryl methyl sites for hydroxylation is 1. The molecule has 0 spiro atoms. The third-order valence-electron chi connectivity index (χ3n) is 4.99. The lowest BCUT2D eigenvalue weighted by molar-refractivity contribution is -0.145. The van der Waals surface area contributed by atoms with Gasteiger partial charge in [-0.2, -0.15) is 8.78 Å². The second-order valence-corrected chi connectivity index (χ2v) is 7.85. The monoisotopic (exact) mass is 403 g/mol. The van der Waals surface area contributed by atoms with E-state index in [0.29, 0.717) is 31.5 Å². The molecule has 1 aromatic heterocycles. The molecule has 0 fully saturated rings. The number of aromatic nitrogens is 3. The Morgan fingerprint density at radius 1 is 1.41 bits per heavy atom. The van der Waals surface area contributed by atoms with E-state index < -0.39 is 17.1 Å². The Hall–Kier alpha value is -1.51. The Kier molecular flexibility index (Phi) is 7.76. The number of nitrogens with zero attached hydrogens (tertiary/aromatic N) is 3. The Labute approximate surface area is 162 Å². The van der Waals surface area contributed by atoms with Crippen molar-refractivity contribution in [2.45, 2.75) is 70.1 Å². The fourth-order valence-electron chi connectivity index (χ4n) is 3.33. The van der Waals surface area contributed by atoms with Crippen LogP contribution in [-0.4, -0.2) is 44.9 Å². The molecule has 1 aliphatic carbocycles. The molecule has 0 saturated carbocycles. The number of Topliss-reactive ketones (excluding diaryl/α,β-unsaturated/α-hetero) is 1. The molecule has 1 heterocycles. The van der Waals surface area contributed by atoms with Crippen LogP contribution >= 0.6 is 11.8 Å². The van der Waals surface area contributed by atoms with Crippen LogP contribution in [0.3, 0.4) is 0 Å². The fraction of sp³-hybridized carbons (Fsp3) is 0.778. The first-order chi connectivity index (χ1) is 12.8. The fourth-order valence-corrected chi connectivity index (χ4v) is 3.92. The summed E-state index contributed by atoms with van der Waals surface area (Å²) in [4.78, 5) is 23.2. The molecule has 0 aromatic carbocycles. The van der Waals surface area contributed by atoms with E-state index >= 15 is 0 Å². The summed E-state index contributed by atoms with van der Waals surface area (Å²) in [5.74, 6) is -3.50. The summed E-state index contributed by atoms with van der Waals surface area (Å²) >= 11 is 1.13. The van der Waals surface area contributed by atoms with Crippen molar-refractivity contribution in [3.05, 3.63) is 11.4 Å². The molecule has 1 aromatic rings. The largest absolute Gasteiger partial charge is 0.464 e. The number of carbonyl (C=O) groups excluding carboxylic acids is 2. The van der Waals surface area contributed by atoms with Crippen molar-refractivity contribution in [2.75, 3.05) is 12.9 Å². The van der Waals surface area contributed by atoms with Gasteiger partial charge < -0.3 is 4.74 Å². The summed E-state index contributed by atoms with van der Waals surface area (Å²) in [7, 11) is 0. The molecule has 2 unspecified atom stereocenters. The van der Waals surface area contributed by atoms with E-state index in [1.807, 2.05) is 6.92 Å². The van der Waals surface area contributed by atoms with Crippen LogP contribution in [0.15, 0.2) is 0 Å². The molecule has 0 saturated heterocycles. The number of esters is 1. The summed E-state index contributed by atoms with van der Waals surface area (Å²) in [6.07, 6.45) is 4.64. The molecule has 0 aliphatic heterocycles. The van der Waals surface area contributed by atoms with E-state index in [0.717, 1.165) is 24.6 Å². The first kappa shape index (κ1) is 21.8. The van der Waals surface area contributed by atoms with Gasteiger partial charge in [0.05, 0.1) is 12.3 Å².